The average molecular weight is 337 g/mol. The van der Waals surface area contributed by atoms with E-state index in [2.05, 4.69) is 4.67 Å². The van der Waals surface area contributed by atoms with Crippen molar-refractivity contribution in [2.45, 2.75) is 38.9 Å². The van der Waals surface area contributed by atoms with Crippen LogP contribution in [0.5, 0.6) is 0 Å². The molecule has 3 saturated heterocycles. The van der Waals surface area contributed by atoms with Crippen molar-refractivity contribution in [3.05, 3.63) is 0 Å². The van der Waals surface area contributed by atoms with Crippen molar-refractivity contribution in [2.24, 2.45) is 0 Å². The second-order valence-corrected chi connectivity index (χ2v) is 10.2. The summed E-state index contributed by atoms with van der Waals surface area (Å²) in [7, 11) is -3.79. The zero-order valence-corrected chi connectivity index (χ0v) is 14.9. The van der Waals surface area contributed by atoms with Crippen LogP contribution in [0, 0.1) is 0 Å². The van der Waals surface area contributed by atoms with E-state index in [9.17, 15) is 0 Å². The van der Waals surface area contributed by atoms with Gasteiger partial charge in [-0.15, -0.1) is 0 Å². The van der Waals surface area contributed by atoms with E-state index in [4.69, 9.17) is 27.6 Å². The van der Waals surface area contributed by atoms with Crippen LogP contribution >= 0.6 is 7.66 Å². The summed E-state index contributed by atoms with van der Waals surface area (Å²) in [4.78, 5) is 0. The number of hydrogen-bond donors (Lipinski definition) is 0. The van der Waals surface area contributed by atoms with Gasteiger partial charge in [0.25, 0.3) is 0 Å². The third-order valence-electron chi connectivity index (χ3n) is 3.83. The topological polar surface area (TPSA) is 58.6 Å². The van der Waals surface area contributed by atoms with Crippen molar-refractivity contribution >= 4 is 7.66 Å². The molecule has 0 N–H and O–H groups in total. The van der Waals surface area contributed by atoms with Crippen molar-refractivity contribution in [1.29, 1.82) is 0 Å². The van der Waals surface area contributed by atoms with Gasteiger partial charge in [-0.1, -0.05) is 0 Å². The molecule has 0 aromatic rings. The second kappa shape index (κ2) is 5.60. The van der Waals surface area contributed by atoms with Crippen LogP contribution in [0.25, 0.3) is 0 Å². The molecule has 7 nitrogen and oxygen atoms in total. The van der Waals surface area contributed by atoms with E-state index in [1.807, 2.05) is 27.7 Å². The number of hydrogen-bond acceptors (Lipinski definition) is 7. The predicted molar refractivity (Wildman–Crippen MR) is 82.4 cm³/mol. The van der Waals surface area contributed by atoms with Crippen molar-refractivity contribution in [3.8, 4) is 0 Å². The van der Waals surface area contributed by atoms with Crippen LogP contribution in [0.2, 0.25) is 0 Å². The van der Waals surface area contributed by atoms with Crippen LogP contribution in [-0.2, 0) is 27.6 Å². The predicted octanol–water partition coefficient (Wildman–Crippen LogP) is 2.11. The molecule has 3 heterocycles. The minimum atomic E-state index is -3.79. The van der Waals surface area contributed by atoms with Gasteiger partial charge in [-0.25, -0.2) is 0 Å². The quantitative estimate of drug-likeness (QED) is 0.628. The zero-order valence-electron chi connectivity index (χ0n) is 14.0. The Labute approximate surface area is 132 Å². The fourth-order valence-corrected chi connectivity index (χ4v) is 7.86. The van der Waals surface area contributed by atoms with Crippen molar-refractivity contribution in [2.75, 3.05) is 52.7 Å². The molecule has 0 amide bonds. The van der Waals surface area contributed by atoms with Crippen LogP contribution < -0.4 is 0 Å². The van der Waals surface area contributed by atoms with Gasteiger partial charge in [0.1, 0.15) is 0 Å². The first-order valence-electron chi connectivity index (χ1n) is 7.91. The van der Waals surface area contributed by atoms with E-state index < -0.39 is 7.66 Å². The van der Waals surface area contributed by atoms with E-state index in [0.717, 1.165) is 13.1 Å². The Morgan fingerprint density at radius 3 is 1.55 bits per heavy atom. The summed E-state index contributed by atoms with van der Waals surface area (Å²) < 4.78 is 38.3. The fourth-order valence-electron chi connectivity index (χ4n) is 3.31. The summed E-state index contributed by atoms with van der Waals surface area (Å²) >= 11 is 0. The maximum atomic E-state index is 6.38. The molecule has 130 valence electrons. The molecule has 1 spiro atoms. The van der Waals surface area contributed by atoms with Gasteiger partial charge in [0, 0.05) is 0 Å². The number of nitrogens with zero attached hydrogens (tertiary/aromatic N) is 1. The normalized spacial score (nSPS) is 36.1. The molecule has 0 atom stereocenters. The van der Waals surface area contributed by atoms with Gasteiger partial charge in [0.15, 0.2) is 0 Å². The Bertz CT molecular complexity index is 394. The van der Waals surface area contributed by atoms with E-state index in [-0.39, 0.29) is 11.2 Å². The van der Waals surface area contributed by atoms with Crippen molar-refractivity contribution in [3.63, 3.8) is 0 Å². The Balaban J connectivity index is 1.91. The number of rotatable bonds is 0. The van der Waals surface area contributed by atoms with Crippen LogP contribution in [0.4, 0.5) is 0 Å². The van der Waals surface area contributed by atoms with Gasteiger partial charge in [-0.3, -0.25) is 0 Å². The third kappa shape index (κ3) is 3.06. The third-order valence-corrected chi connectivity index (χ3v) is 7.86. The number of ether oxygens (including phenoxy) is 2. The van der Waals surface area contributed by atoms with Crippen molar-refractivity contribution < 1.29 is 27.6 Å². The molecule has 0 bridgehead atoms. The molecule has 0 aromatic heterocycles. The Morgan fingerprint density at radius 2 is 1.09 bits per heavy atom. The molecule has 0 unspecified atom stereocenters. The zero-order chi connectivity index (χ0) is 15.9. The fraction of sp³-hybridized carbons (Fsp3) is 1.00. The first-order chi connectivity index (χ1) is 10.3. The van der Waals surface area contributed by atoms with E-state index in [1.54, 1.807) is 0 Å². The molecule has 8 heteroatoms. The van der Waals surface area contributed by atoms with E-state index >= 15 is 0 Å². The first-order valence-corrected chi connectivity index (χ1v) is 9.77. The Kier molecular flexibility index (Phi) is 4.33. The molecule has 3 fully saturated rings. The van der Waals surface area contributed by atoms with Crippen LogP contribution in [0.1, 0.15) is 27.7 Å². The molecule has 0 radical (unpaired) electrons. The summed E-state index contributed by atoms with van der Waals surface area (Å²) in [5.74, 6) is 0. The van der Waals surface area contributed by atoms with Gasteiger partial charge in [-0.2, -0.15) is 0 Å². The summed E-state index contributed by atoms with van der Waals surface area (Å²) in [6, 6.07) is 0. The first kappa shape index (κ1) is 17.0. The second-order valence-electron chi connectivity index (χ2n) is 7.19. The molecule has 3 aliphatic heterocycles. The summed E-state index contributed by atoms with van der Waals surface area (Å²) in [5.41, 5.74) is -0.758. The molecular formula is C14H28NO6P. The minimum absolute atomic E-state index is 0.375. The van der Waals surface area contributed by atoms with Crippen LogP contribution in [0.3, 0.4) is 0 Å². The molecule has 0 aromatic carbocycles. The molecule has 0 saturated carbocycles. The van der Waals surface area contributed by atoms with E-state index in [1.165, 1.54) is 0 Å². The average Bonchev–Trinajstić information content (AvgIpc) is 2.69. The summed E-state index contributed by atoms with van der Waals surface area (Å²) in [6.45, 7) is 12.4. The van der Waals surface area contributed by atoms with Crippen LogP contribution in [0.15, 0.2) is 0 Å². The molecule has 22 heavy (non-hydrogen) atoms. The van der Waals surface area contributed by atoms with Gasteiger partial charge in [0.2, 0.25) is 0 Å². The molecule has 0 aliphatic carbocycles. The standard InChI is InChI=1S/C14H28NO6P/c1-13(2)11-15-12-14(3,4)21-22(15,20-13)18-9-7-16-5-6-17-8-10-19-22/h5-12H2,1-4H3. The van der Waals surface area contributed by atoms with Crippen molar-refractivity contribution in [1.82, 2.24) is 4.67 Å². The van der Waals surface area contributed by atoms with Gasteiger partial charge < -0.3 is 0 Å². The summed E-state index contributed by atoms with van der Waals surface area (Å²) in [5, 5.41) is 0. The van der Waals surface area contributed by atoms with Gasteiger partial charge in [-0.05, 0) is 0 Å². The summed E-state index contributed by atoms with van der Waals surface area (Å²) in [6.07, 6.45) is 0. The van der Waals surface area contributed by atoms with Gasteiger partial charge >= 0.3 is 132 Å². The van der Waals surface area contributed by atoms with Gasteiger partial charge in [0.05, 0.1) is 0 Å². The van der Waals surface area contributed by atoms with E-state index in [0.29, 0.717) is 39.6 Å². The van der Waals surface area contributed by atoms with Crippen LogP contribution in [-0.4, -0.2) is 68.6 Å². The molecular weight excluding hydrogens is 309 g/mol. The maximum absolute atomic E-state index is 6.38. The Morgan fingerprint density at radius 1 is 0.682 bits per heavy atom. The molecule has 3 rings (SSSR count). The SMILES string of the molecule is CC1(C)CN2CC(C)(C)OP23(OCCOCCOCCO3)O1. The Hall–Kier alpha value is 0.150. The molecule has 3 aliphatic rings. The monoisotopic (exact) mass is 337 g/mol.